The molecule has 2 saturated heterocycles. The van der Waals surface area contributed by atoms with E-state index in [2.05, 4.69) is 57.9 Å². The van der Waals surface area contributed by atoms with Gasteiger partial charge in [0.2, 0.25) is 11.8 Å². The molecule has 1 unspecified atom stereocenters. The fourth-order valence-corrected chi connectivity index (χ4v) is 9.20. The molecular weight excluding hydrogens is 781 g/mol. The molecule has 0 saturated carbocycles. The van der Waals surface area contributed by atoms with Gasteiger partial charge in [0.05, 0.1) is 55.3 Å². The summed E-state index contributed by atoms with van der Waals surface area (Å²) in [4.78, 5) is 72.6. The van der Waals surface area contributed by atoms with Crippen LogP contribution in [0.5, 0.6) is 5.75 Å². The maximum atomic E-state index is 14.0. The summed E-state index contributed by atoms with van der Waals surface area (Å²) in [6.45, 7) is 10.6. The number of benzene rings is 3. The van der Waals surface area contributed by atoms with Crippen molar-refractivity contribution in [3.8, 4) is 28.1 Å². The number of nitrogens with zero attached hydrogens (tertiary/aromatic N) is 4. The monoisotopic (exact) mass is 834 g/mol. The van der Waals surface area contributed by atoms with E-state index in [0.717, 1.165) is 68.3 Å². The van der Waals surface area contributed by atoms with Crippen molar-refractivity contribution in [2.75, 3.05) is 27.9 Å². The van der Waals surface area contributed by atoms with Gasteiger partial charge in [-0.25, -0.2) is 19.6 Å². The van der Waals surface area contributed by atoms with Gasteiger partial charge in [0.25, 0.3) is 0 Å². The van der Waals surface area contributed by atoms with Gasteiger partial charge in [-0.1, -0.05) is 39.0 Å². The van der Waals surface area contributed by atoms with Gasteiger partial charge in [-0.15, -0.1) is 0 Å². The highest BCUT2D eigenvalue weighted by Gasteiger charge is 2.43. The van der Waals surface area contributed by atoms with Crippen LogP contribution in [0.2, 0.25) is 0 Å². The molecule has 5 heterocycles. The molecule has 4 amide bonds. The van der Waals surface area contributed by atoms with Crippen molar-refractivity contribution in [3.05, 3.63) is 65.9 Å². The number of methoxy groups -OCH3 is 3. The van der Waals surface area contributed by atoms with Crippen LogP contribution in [0.4, 0.5) is 9.59 Å². The Bertz CT molecular complexity index is 2500. The number of nitrogens with one attached hydrogen (secondary N) is 4. The lowest BCUT2D eigenvalue weighted by molar-refractivity contribution is -0.138. The van der Waals surface area contributed by atoms with Crippen LogP contribution in [-0.4, -0.2) is 106 Å². The van der Waals surface area contributed by atoms with Gasteiger partial charge in [-0.2, -0.15) is 0 Å². The summed E-state index contributed by atoms with van der Waals surface area (Å²) in [7, 11) is 4.06. The number of hydrogen-bond acceptors (Lipinski definition) is 10. The third kappa shape index (κ3) is 7.73. The first kappa shape index (κ1) is 41.6. The Morgan fingerprint density at radius 1 is 0.852 bits per heavy atom. The number of aromatic amines is 2. The molecule has 0 spiro atoms. The molecule has 16 nitrogen and oxygen atoms in total. The first-order valence-electron chi connectivity index (χ1n) is 20.9. The van der Waals surface area contributed by atoms with Gasteiger partial charge in [0.1, 0.15) is 36.1 Å². The van der Waals surface area contributed by atoms with Crippen molar-refractivity contribution in [3.63, 3.8) is 0 Å². The number of carbonyl (C=O) groups excluding carboxylic acids is 4. The van der Waals surface area contributed by atoms with E-state index in [1.54, 1.807) is 11.8 Å². The maximum absolute atomic E-state index is 14.0. The molecule has 3 aromatic carbocycles. The Labute approximate surface area is 354 Å². The molecule has 3 aliphatic heterocycles. The smallest absolute Gasteiger partial charge is 0.407 e. The highest BCUT2D eigenvalue weighted by Crippen LogP contribution is 2.44. The zero-order valence-corrected chi connectivity index (χ0v) is 35.8. The van der Waals surface area contributed by atoms with Crippen LogP contribution in [0, 0.1) is 11.8 Å². The lowest BCUT2D eigenvalue weighted by Gasteiger charge is -2.32. The standard InChI is InChI=1S/C45H54N8O8/c1-22(2)37(50-44(56)59-7)43(55)53-24(4)9-14-34(53)40-46-19-33(48-40)27-10-12-29-28(16-27)21-61-36-18-30-26(17-31(29)36)11-13-32-39(30)49-41(47-32)35-15-23(3)20-52(35)42(54)38(25(5)58-6)51-45(57)60-8/h10-13,16-19,22-25,34-35,37-38H,9,14-15,20-21H2,1-8H3,(H,46,48)(H,47,49)(H,50,56)(H,51,57)/t23-,24-,25-,34-,35-,37?,38-/m0/s1. The fraction of sp³-hybridized carbons (Fsp3) is 0.467. The molecular formula is C45H54N8O8. The first-order chi connectivity index (χ1) is 29.3. The van der Waals surface area contributed by atoms with Crippen LogP contribution >= 0.6 is 0 Å². The number of carbonyl (C=O) groups is 4. The molecule has 322 valence electrons. The number of amides is 4. The topological polar surface area (TPSA) is 193 Å². The molecule has 8 rings (SSSR count). The molecule has 0 bridgehead atoms. The lowest BCUT2D eigenvalue weighted by Crippen LogP contribution is -2.54. The number of fused-ring (bicyclic) bond motifs is 6. The normalized spacial score (nSPS) is 21.1. The van der Waals surface area contributed by atoms with Gasteiger partial charge in [0.15, 0.2) is 0 Å². The number of imidazole rings is 2. The summed E-state index contributed by atoms with van der Waals surface area (Å²) in [6, 6.07) is 12.3. The second-order valence-electron chi connectivity index (χ2n) is 16.9. The van der Waals surface area contributed by atoms with Crippen molar-refractivity contribution < 1.29 is 38.1 Å². The minimum atomic E-state index is -0.930. The van der Waals surface area contributed by atoms with Gasteiger partial charge in [-0.05, 0) is 91.3 Å². The van der Waals surface area contributed by atoms with Crippen molar-refractivity contribution in [1.29, 1.82) is 0 Å². The average molecular weight is 835 g/mol. The third-order valence-corrected chi connectivity index (χ3v) is 12.6. The van der Waals surface area contributed by atoms with Gasteiger partial charge in [-0.3, -0.25) is 9.59 Å². The van der Waals surface area contributed by atoms with Gasteiger partial charge in [0, 0.05) is 30.6 Å². The van der Waals surface area contributed by atoms with E-state index in [0.29, 0.717) is 31.2 Å². The molecule has 5 aromatic rings. The van der Waals surface area contributed by atoms with E-state index in [4.69, 9.17) is 28.9 Å². The Morgan fingerprint density at radius 2 is 1.61 bits per heavy atom. The number of alkyl carbamates (subject to hydrolysis) is 2. The van der Waals surface area contributed by atoms with Crippen molar-refractivity contribution >= 4 is 45.8 Å². The summed E-state index contributed by atoms with van der Waals surface area (Å²) in [5, 5.41) is 7.31. The number of H-pyrrole nitrogens is 2. The lowest BCUT2D eigenvalue weighted by atomic mass is 9.92. The van der Waals surface area contributed by atoms with Crippen molar-refractivity contribution in [1.82, 2.24) is 40.4 Å². The number of aromatic nitrogens is 4. The number of ether oxygens (including phenoxy) is 4. The largest absolute Gasteiger partial charge is 0.488 e. The van der Waals surface area contributed by atoms with Crippen LogP contribution in [0.25, 0.3) is 44.2 Å². The van der Waals surface area contributed by atoms with E-state index in [-0.39, 0.29) is 41.8 Å². The number of hydrogen-bond donors (Lipinski definition) is 4. The molecule has 2 fully saturated rings. The zero-order valence-electron chi connectivity index (χ0n) is 35.8. The SMILES string of the molecule is COC(=O)NC(C(=O)N1[C@@H](C)CC[C@H]1c1ncc(-c2ccc3c(c2)COc2cc4c(ccc5[nH]c([C@@H]6C[C@H](C)CN6C(=O)[C@@H](NC(=O)OC)[C@H](C)OC)nc54)cc2-3)[nH]1)C(C)C. The first-order valence-corrected chi connectivity index (χ1v) is 20.9. The van der Waals surface area contributed by atoms with Crippen LogP contribution < -0.4 is 15.4 Å². The van der Waals surface area contributed by atoms with Gasteiger partial charge < -0.3 is 49.3 Å². The maximum Gasteiger partial charge on any atom is 0.407 e. The minimum Gasteiger partial charge on any atom is -0.488 e. The third-order valence-electron chi connectivity index (χ3n) is 12.6. The Morgan fingerprint density at radius 3 is 2.33 bits per heavy atom. The predicted molar refractivity (Wildman–Crippen MR) is 227 cm³/mol. The Kier molecular flexibility index (Phi) is 11.4. The molecule has 3 aliphatic rings. The molecule has 2 aromatic heterocycles. The van der Waals surface area contributed by atoms with Gasteiger partial charge >= 0.3 is 12.2 Å². The van der Waals surface area contributed by atoms with Crippen LogP contribution in [-0.2, 0) is 30.4 Å². The van der Waals surface area contributed by atoms with E-state index >= 15 is 0 Å². The van der Waals surface area contributed by atoms with E-state index < -0.39 is 30.4 Å². The van der Waals surface area contributed by atoms with E-state index in [1.165, 1.54) is 21.3 Å². The second-order valence-corrected chi connectivity index (χ2v) is 16.9. The Hall–Kier alpha value is -6.16. The van der Waals surface area contributed by atoms with Crippen LogP contribution in [0.15, 0.2) is 48.7 Å². The van der Waals surface area contributed by atoms with Crippen molar-refractivity contribution in [2.45, 2.75) is 96.8 Å². The average Bonchev–Trinajstić information content (AvgIpc) is 4.08. The minimum absolute atomic E-state index is 0.0198. The van der Waals surface area contributed by atoms with E-state index in [1.807, 2.05) is 44.0 Å². The Balaban J connectivity index is 1.05. The van der Waals surface area contributed by atoms with Crippen LogP contribution in [0.1, 0.15) is 83.2 Å². The number of likely N-dealkylation sites (tertiary alicyclic amines) is 2. The summed E-state index contributed by atoms with van der Waals surface area (Å²) in [5.41, 5.74) is 6.50. The number of rotatable bonds is 10. The highest BCUT2D eigenvalue weighted by atomic mass is 16.5. The highest BCUT2D eigenvalue weighted by molar-refractivity contribution is 6.07. The molecule has 61 heavy (non-hydrogen) atoms. The summed E-state index contributed by atoms with van der Waals surface area (Å²) < 4.78 is 21.5. The molecule has 0 radical (unpaired) electrons. The second kappa shape index (κ2) is 16.7. The predicted octanol–water partition coefficient (Wildman–Crippen LogP) is 6.77. The molecule has 7 atom stereocenters. The fourth-order valence-electron chi connectivity index (χ4n) is 9.20. The zero-order chi connectivity index (χ0) is 43.3. The molecule has 0 aliphatic carbocycles. The molecule has 16 heteroatoms. The molecule has 4 N–H and O–H groups in total. The summed E-state index contributed by atoms with van der Waals surface area (Å²) in [5.74, 6) is 1.80. The quantitative estimate of drug-likeness (QED) is 0.117. The van der Waals surface area contributed by atoms with E-state index in [9.17, 15) is 19.2 Å². The summed E-state index contributed by atoms with van der Waals surface area (Å²) in [6.07, 6.45) is 2.17. The van der Waals surface area contributed by atoms with Crippen LogP contribution in [0.3, 0.4) is 0 Å². The van der Waals surface area contributed by atoms with Crippen molar-refractivity contribution in [2.24, 2.45) is 11.8 Å². The summed E-state index contributed by atoms with van der Waals surface area (Å²) >= 11 is 0.